The molecule has 0 radical (unpaired) electrons. The van der Waals surface area contributed by atoms with E-state index in [1.54, 1.807) is 32.9 Å². The molecule has 1 fully saturated rings. The molecule has 37 heavy (non-hydrogen) atoms. The van der Waals surface area contributed by atoms with Gasteiger partial charge in [0, 0.05) is 18.2 Å². The van der Waals surface area contributed by atoms with E-state index >= 15 is 0 Å². The van der Waals surface area contributed by atoms with Gasteiger partial charge in [-0.3, -0.25) is 18.1 Å². The van der Waals surface area contributed by atoms with Crippen molar-refractivity contribution in [2.24, 2.45) is 0 Å². The van der Waals surface area contributed by atoms with Crippen molar-refractivity contribution >= 4 is 16.3 Å². The van der Waals surface area contributed by atoms with Gasteiger partial charge in [-0.25, -0.2) is 14.0 Å². The number of ether oxygens (including phenoxy) is 3. The van der Waals surface area contributed by atoms with Crippen molar-refractivity contribution in [1.82, 2.24) is 9.13 Å². The van der Waals surface area contributed by atoms with Gasteiger partial charge in [-0.1, -0.05) is 17.7 Å². The molecular weight excluding hydrogens is 511 g/mol. The molecule has 1 unspecified atom stereocenters. The first-order valence-corrected chi connectivity index (χ1v) is 13.0. The molecule has 13 heteroatoms. The fourth-order valence-corrected chi connectivity index (χ4v) is 4.51. The number of hydrogen-bond acceptors (Lipinski definition) is 9. The number of hydrogen-bond donors (Lipinski definition) is 0. The number of carbonyl (C=O) groups is 1. The summed E-state index contributed by atoms with van der Waals surface area (Å²) in [4.78, 5) is 37.3. The number of aromatic nitrogens is 2. The second-order valence-corrected chi connectivity index (χ2v) is 11.3. The molecule has 0 amide bonds. The van der Waals surface area contributed by atoms with E-state index in [0.29, 0.717) is 0 Å². The highest BCUT2D eigenvalue weighted by Crippen LogP contribution is 2.30. The molecule has 204 valence electrons. The average molecular weight is 543 g/mol. The van der Waals surface area contributed by atoms with E-state index in [1.165, 1.54) is 25.3 Å². The third kappa shape index (κ3) is 7.27. The van der Waals surface area contributed by atoms with Crippen LogP contribution in [-0.2, 0) is 35.1 Å². The molecule has 3 atom stereocenters. The monoisotopic (exact) mass is 542 g/mol. The van der Waals surface area contributed by atoms with Crippen molar-refractivity contribution in [3.05, 3.63) is 62.4 Å². The smallest absolute Gasteiger partial charge is 0.431 e. The summed E-state index contributed by atoms with van der Waals surface area (Å²) in [6.07, 6.45) is -3.72. The molecule has 0 bridgehead atoms. The first-order valence-electron chi connectivity index (χ1n) is 11.6. The summed E-state index contributed by atoms with van der Waals surface area (Å²) in [6, 6.07) is 6.02. The number of rotatable bonds is 8. The van der Waals surface area contributed by atoms with Crippen LogP contribution in [0, 0.1) is 13.8 Å². The minimum absolute atomic E-state index is 0.0555. The fraction of sp³-hybridized carbons (Fsp3) is 0.542. The van der Waals surface area contributed by atoms with Crippen LogP contribution in [0.1, 0.15) is 44.5 Å². The van der Waals surface area contributed by atoms with Gasteiger partial charge >= 0.3 is 11.8 Å². The number of benzene rings is 1. The van der Waals surface area contributed by atoms with Gasteiger partial charge in [0.2, 0.25) is 0 Å². The van der Waals surface area contributed by atoms with Crippen molar-refractivity contribution in [2.45, 2.75) is 76.6 Å². The molecule has 1 saturated heterocycles. The van der Waals surface area contributed by atoms with Gasteiger partial charge in [0.05, 0.1) is 18.0 Å². The minimum atomic E-state index is -4.10. The quantitative estimate of drug-likeness (QED) is 0.365. The van der Waals surface area contributed by atoms with Crippen LogP contribution in [0.5, 0.6) is 0 Å². The summed E-state index contributed by atoms with van der Waals surface area (Å²) in [7, 11) is -4.10. The topological polar surface area (TPSA) is 132 Å². The molecule has 1 aliphatic rings. The van der Waals surface area contributed by atoms with E-state index in [9.17, 15) is 27.2 Å². The van der Waals surface area contributed by atoms with Gasteiger partial charge in [0.25, 0.3) is 15.7 Å². The highest BCUT2D eigenvalue weighted by atomic mass is 32.2. The Hall–Kier alpha value is -3.03. The fourth-order valence-electron chi connectivity index (χ4n) is 3.61. The zero-order chi connectivity index (χ0) is 27.5. The molecule has 2 heterocycles. The SMILES string of the molecule is Cc1ccc(S(=O)(=O)OCCn2c(=O)c(C)cn(C3C[C@H](F)[C@@H](COC(=O)OC(C)(C)C)O3)c2=O)cc1. The second kappa shape index (κ2) is 11.2. The minimum Gasteiger partial charge on any atom is -0.431 e. The van der Waals surface area contributed by atoms with Crippen molar-refractivity contribution in [3.8, 4) is 0 Å². The number of alkyl halides is 1. The summed E-state index contributed by atoms with van der Waals surface area (Å²) in [6.45, 7) is 6.97. The van der Waals surface area contributed by atoms with Crippen molar-refractivity contribution in [1.29, 1.82) is 0 Å². The Bertz CT molecular complexity index is 1340. The largest absolute Gasteiger partial charge is 0.508 e. The van der Waals surface area contributed by atoms with Gasteiger partial charge in [-0.05, 0) is 46.8 Å². The Morgan fingerprint density at radius 1 is 1.16 bits per heavy atom. The molecule has 0 N–H and O–H groups in total. The van der Waals surface area contributed by atoms with Gasteiger partial charge in [0.15, 0.2) is 0 Å². The highest BCUT2D eigenvalue weighted by Gasteiger charge is 2.38. The Labute approximate surface area is 213 Å². The normalized spacial score (nSPS) is 20.1. The lowest BCUT2D eigenvalue weighted by molar-refractivity contribution is -0.0626. The Balaban J connectivity index is 1.70. The van der Waals surface area contributed by atoms with E-state index in [2.05, 4.69) is 0 Å². The van der Waals surface area contributed by atoms with Crippen LogP contribution in [0.15, 0.2) is 44.9 Å². The predicted molar refractivity (Wildman–Crippen MR) is 130 cm³/mol. The van der Waals surface area contributed by atoms with E-state index in [-0.39, 0.29) is 23.4 Å². The van der Waals surface area contributed by atoms with Gasteiger partial charge in [-0.2, -0.15) is 8.42 Å². The summed E-state index contributed by atoms with van der Waals surface area (Å²) in [5.74, 6) is 0. The molecule has 0 saturated carbocycles. The second-order valence-electron chi connectivity index (χ2n) is 9.70. The number of nitrogens with zero attached hydrogens (tertiary/aromatic N) is 2. The Kier molecular flexibility index (Phi) is 8.60. The molecular formula is C24H31FN2O9S. The zero-order valence-corrected chi connectivity index (χ0v) is 22.1. The molecule has 1 aromatic carbocycles. The first-order chi connectivity index (χ1) is 17.2. The molecule has 3 rings (SSSR count). The molecule has 2 aromatic rings. The summed E-state index contributed by atoms with van der Waals surface area (Å²) < 4.78 is 61.9. The van der Waals surface area contributed by atoms with Crippen LogP contribution in [0.25, 0.3) is 0 Å². The number of halogens is 1. The third-order valence-corrected chi connectivity index (χ3v) is 6.78. The molecule has 1 aliphatic heterocycles. The zero-order valence-electron chi connectivity index (χ0n) is 21.3. The first kappa shape index (κ1) is 28.5. The van der Waals surface area contributed by atoms with Crippen molar-refractivity contribution in [3.63, 3.8) is 0 Å². The van der Waals surface area contributed by atoms with Crippen LogP contribution in [-0.4, -0.2) is 54.8 Å². The maximum atomic E-state index is 14.6. The summed E-state index contributed by atoms with van der Waals surface area (Å²) in [5, 5.41) is 0. The predicted octanol–water partition coefficient (Wildman–Crippen LogP) is 2.61. The van der Waals surface area contributed by atoms with E-state index < -0.39 is 64.8 Å². The van der Waals surface area contributed by atoms with Crippen LogP contribution in [0.4, 0.5) is 9.18 Å². The number of aryl methyl sites for hydroxylation is 2. The summed E-state index contributed by atoms with van der Waals surface area (Å²) in [5.41, 5.74) is -1.22. The van der Waals surface area contributed by atoms with Crippen LogP contribution in [0.3, 0.4) is 0 Å². The van der Waals surface area contributed by atoms with Crippen molar-refractivity contribution in [2.75, 3.05) is 13.2 Å². The van der Waals surface area contributed by atoms with Crippen LogP contribution in [0.2, 0.25) is 0 Å². The summed E-state index contributed by atoms with van der Waals surface area (Å²) >= 11 is 0. The van der Waals surface area contributed by atoms with Gasteiger partial charge < -0.3 is 14.2 Å². The third-order valence-electron chi connectivity index (χ3n) is 5.46. The van der Waals surface area contributed by atoms with E-state index in [4.69, 9.17) is 18.4 Å². The standard InChI is InChI=1S/C24H31FN2O9S/c1-15-6-8-17(9-7-15)37(31,32)34-11-10-26-21(28)16(2)13-27(22(26)29)20-12-18(25)19(35-20)14-33-23(30)36-24(3,4)5/h6-9,13,18-20H,10-12,14H2,1-5H3/t18-,19+,20?/m0/s1. The number of carbonyl (C=O) groups excluding carboxylic acids is 1. The van der Waals surface area contributed by atoms with Gasteiger partial charge in [0.1, 0.15) is 30.7 Å². The van der Waals surface area contributed by atoms with E-state index in [1.807, 2.05) is 6.92 Å². The molecule has 0 spiro atoms. The Morgan fingerprint density at radius 3 is 2.43 bits per heavy atom. The Morgan fingerprint density at radius 2 is 1.81 bits per heavy atom. The molecule has 1 aromatic heterocycles. The maximum absolute atomic E-state index is 14.6. The van der Waals surface area contributed by atoms with Crippen LogP contribution < -0.4 is 11.2 Å². The van der Waals surface area contributed by atoms with Crippen molar-refractivity contribution < 1.29 is 36.0 Å². The highest BCUT2D eigenvalue weighted by molar-refractivity contribution is 7.86. The van der Waals surface area contributed by atoms with E-state index in [0.717, 1.165) is 14.7 Å². The lowest BCUT2D eigenvalue weighted by atomic mass is 10.2. The molecule has 11 nitrogen and oxygen atoms in total. The molecule has 0 aliphatic carbocycles. The van der Waals surface area contributed by atoms with Crippen LogP contribution >= 0.6 is 0 Å². The average Bonchev–Trinajstić information content (AvgIpc) is 3.16. The lowest BCUT2D eigenvalue weighted by Crippen LogP contribution is -2.43. The lowest BCUT2D eigenvalue weighted by Gasteiger charge is -2.20. The van der Waals surface area contributed by atoms with Gasteiger partial charge in [-0.15, -0.1) is 0 Å². The maximum Gasteiger partial charge on any atom is 0.508 e.